The molecular formula is C29H40N6O. The predicted octanol–water partition coefficient (Wildman–Crippen LogP) is 4.18. The van der Waals surface area contributed by atoms with Crippen LogP contribution >= 0.6 is 0 Å². The first-order valence-electron chi connectivity index (χ1n) is 13.0. The lowest BCUT2D eigenvalue weighted by atomic mass is 9.95. The molecule has 0 aliphatic carbocycles. The third kappa shape index (κ3) is 6.68. The van der Waals surface area contributed by atoms with Gasteiger partial charge < -0.3 is 16.0 Å². The SMILES string of the molecule is CC.CCCc1cnc(-c2cnccc2C)cc1/C(C=O)=C(\C)NC1=CNC(N2CCNCC2)C=C1. The van der Waals surface area contributed by atoms with Crippen molar-refractivity contribution in [2.75, 3.05) is 26.2 Å². The largest absolute Gasteiger partial charge is 0.371 e. The standard InChI is InChI=1S/C27H34N6O.C2H6/c1-4-5-21-15-30-26(24-17-29-9-8-19(24)2)14-23(21)25(18-34)20(3)32-22-6-7-27(31-16-22)33-12-10-28-11-13-33;1-2/h6-9,14-18,27-28,31-32H,4-5,10-13H2,1-3H3;1-2H3/b25-20+;. The first kappa shape index (κ1) is 27.3. The number of aryl methyl sites for hydroxylation is 2. The molecule has 3 N–H and O–H groups in total. The van der Waals surface area contributed by atoms with E-state index in [-0.39, 0.29) is 6.17 Å². The van der Waals surface area contributed by atoms with Gasteiger partial charge in [0.15, 0.2) is 6.29 Å². The van der Waals surface area contributed by atoms with Crippen LogP contribution < -0.4 is 16.0 Å². The highest BCUT2D eigenvalue weighted by Gasteiger charge is 2.19. The summed E-state index contributed by atoms with van der Waals surface area (Å²) in [4.78, 5) is 23.7. The number of carbonyl (C=O) groups is 1. The molecular weight excluding hydrogens is 448 g/mol. The summed E-state index contributed by atoms with van der Waals surface area (Å²) in [6.07, 6.45) is 14.7. The molecule has 7 nitrogen and oxygen atoms in total. The van der Waals surface area contributed by atoms with Crippen molar-refractivity contribution in [3.63, 3.8) is 0 Å². The Balaban J connectivity index is 0.00000176. The number of piperazine rings is 1. The smallest absolute Gasteiger partial charge is 0.152 e. The van der Waals surface area contributed by atoms with Crippen LogP contribution in [0.3, 0.4) is 0 Å². The molecule has 2 aromatic heterocycles. The van der Waals surface area contributed by atoms with Crippen molar-refractivity contribution in [1.82, 2.24) is 30.8 Å². The van der Waals surface area contributed by atoms with E-state index in [9.17, 15) is 4.79 Å². The van der Waals surface area contributed by atoms with Gasteiger partial charge in [-0.25, -0.2) is 0 Å². The molecule has 0 saturated carbocycles. The Bertz CT molecular complexity index is 1110. The van der Waals surface area contributed by atoms with Crippen LogP contribution in [-0.4, -0.2) is 53.5 Å². The Hall–Kier alpha value is -3.29. The number of dihydropyridines is 1. The molecule has 1 unspecified atom stereocenters. The Kier molecular flexibility index (Phi) is 10.4. The van der Waals surface area contributed by atoms with Crippen molar-refractivity contribution in [2.45, 2.75) is 53.6 Å². The average molecular weight is 489 g/mol. The van der Waals surface area contributed by atoms with E-state index in [0.717, 1.165) is 84.6 Å². The zero-order chi connectivity index (χ0) is 25.9. The molecule has 1 fully saturated rings. The second kappa shape index (κ2) is 13.7. The first-order valence-corrected chi connectivity index (χ1v) is 13.0. The summed E-state index contributed by atoms with van der Waals surface area (Å²) < 4.78 is 0. The molecule has 0 radical (unpaired) electrons. The summed E-state index contributed by atoms with van der Waals surface area (Å²) in [5.41, 5.74) is 7.28. The summed E-state index contributed by atoms with van der Waals surface area (Å²) in [6, 6.07) is 4.00. The number of hydrogen-bond acceptors (Lipinski definition) is 7. The quantitative estimate of drug-likeness (QED) is 0.380. The second-order valence-corrected chi connectivity index (χ2v) is 8.81. The number of aldehydes is 1. The van der Waals surface area contributed by atoms with E-state index in [2.05, 4.69) is 44.9 Å². The maximum Gasteiger partial charge on any atom is 0.152 e. The molecule has 2 aliphatic rings. The van der Waals surface area contributed by atoms with E-state index >= 15 is 0 Å². The van der Waals surface area contributed by atoms with Gasteiger partial charge in [-0.1, -0.05) is 27.2 Å². The molecule has 2 aliphatic heterocycles. The van der Waals surface area contributed by atoms with E-state index in [0.29, 0.717) is 5.57 Å². The number of allylic oxidation sites excluding steroid dienone is 3. The normalized spacial score (nSPS) is 18.2. The number of nitrogens with zero attached hydrogens (tertiary/aromatic N) is 3. The van der Waals surface area contributed by atoms with Gasteiger partial charge in [0.1, 0.15) is 0 Å². The van der Waals surface area contributed by atoms with Crippen molar-refractivity contribution < 1.29 is 4.79 Å². The lowest BCUT2D eigenvalue weighted by Crippen LogP contribution is -2.52. The lowest BCUT2D eigenvalue weighted by molar-refractivity contribution is -0.103. The fraction of sp³-hybridized carbons (Fsp3) is 0.414. The minimum absolute atomic E-state index is 0.198. The molecule has 0 amide bonds. The highest BCUT2D eigenvalue weighted by atomic mass is 16.1. The summed E-state index contributed by atoms with van der Waals surface area (Å²) >= 11 is 0. The molecule has 7 heteroatoms. The first-order chi connectivity index (χ1) is 17.6. The van der Waals surface area contributed by atoms with Crippen LogP contribution in [0.5, 0.6) is 0 Å². The topological polar surface area (TPSA) is 82.2 Å². The highest BCUT2D eigenvalue weighted by Crippen LogP contribution is 2.28. The third-order valence-corrected chi connectivity index (χ3v) is 6.38. The number of hydrogen-bond donors (Lipinski definition) is 3. The van der Waals surface area contributed by atoms with Crippen LogP contribution in [0, 0.1) is 6.92 Å². The fourth-order valence-corrected chi connectivity index (χ4v) is 4.46. The molecule has 36 heavy (non-hydrogen) atoms. The van der Waals surface area contributed by atoms with E-state index in [1.165, 1.54) is 0 Å². The minimum atomic E-state index is 0.198. The average Bonchev–Trinajstić information content (AvgIpc) is 2.92. The number of carbonyl (C=O) groups excluding carboxylic acids is 1. The predicted molar refractivity (Wildman–Crippen MR) is 148 cm³/mol. The molecule has 0 bridgehead atoms. The van der Waals surface area contributed by atoms with Gasteiger partial charge in [0.25, 0.3) is 0 Å². The second-order valence-electron chi connectivity index (χ2n) is 8.81. The molecule has 1 atom stereocenters. The van der Waals surface area contributed by atoms with Crippen molar-refractivity contribution >= 4 is 11.9 Å². The van der Waals surface area contributed by atoms with Crippen molar-refractivity contribution in [3.8, 4) is 11.3 Å². The maximum atomic E-state index is 12.3. The highest BCUT2D eigenvalue weighted by molar-refractivity contribution is 6.09. The number of nitrogens with one attached hydrogen (secondary N) is 3. The third-order valence-electron chi connectivity index (χ3n) is 6.38. The molecule has 4 heterocycles. The number of pyridine rings is 2. The fourth-order valence-electron chi connectivity index (χ4n) is 4.46. The van der Waals surface area contributed by atoms with Gasteiger partial charge in [-0.2, -0.15) is 0 Å². The van der Waals surface area contributed by atoms with E-state index in [4.69, 9.17) is 4.98 Å². The Morgan fingerprint density at radius 3 is 2.67 bits per heavy atom. The van der Waals surface area contributed by atoms with Gasteiger partial charge >= 0.3 is 0 Å². The van der Waals surface area contributed by atoms with Crippen LogP contribution in [0.1, 0.15) is 50.8 Å². The molecule has 2 aromatic rings. The Morgan fingerprint density at radius 1 is 1.25 bits per heavy atom. The van der Waals surface area contributed by atoms with Gasteiger partial charge in [-0.15, -0.1) is 0 Å². The van der Waals surface area contributed by atoms with Crippen molar-refractivity contribution in [3.05, 3.63) is 77.2 Å². The number of rotatable bonds is 8. The Labute approximate surface area is 215 Å². The number of aromatic nitrogens is 2. The zero-order valence-corrected chi connectivity index (χ0v) is 22.3. The lowest BCUT2D eigenvalue weighted by Gasteiger charge is -2.34. The van der Waals surface area contributed by atoms with Gasteiger partial charge in [0.05, 0.1) is 17.6 Å². The van der Waals surface area contributed by atoms with Gasteiger partial charge in [0.2, 0.25) is 0 Å². The summed E-state index contributed by atoms with van der Waals surface area (Å²) in [7, 11) is 0. The van der Waals surface area contributed by atoms with Crippen molar-refractivity contribution in [1.29, 1.82) is 0 Å². The van der Waals surface area contributed by atoms with Crippen LogP contribution in [0.25, 0.3) is 16.8 Å². The molecule has 0 aromatic carbocycles. The molecule has 192 valence electrons. The zero-order valence-electron chi connectivity index (χ0n) is 22.3. The Morgan fingerprint density at radius 2 is 2.03 bits per heavy atom. The molecule has 1 saturated heterocycles. The van der Waals surface area contributed by atoms with Gasteiger partial charge in [-0.3, -0.25) is 19.7 Å². The van der Waals surface area contributed by atoms with E-state index < -0.39 is 0 Å². The molecule has 4 rings (SSSR count). The van der Waals surface area contributed by atoms with Crippen LogP contribution in [0.15, 0.2) is 60.5 Å². The van der Waals surface area contributed by atoms with E-state index in [1.54, 1.807) is 6.20 Å². The summed E-state index contributed by atoms with van der Waals surface area (Å²) in [6.45, 7) is 14.2. The molecule has 0 spiro atoms. The minimum Gasteiger partial charge on any atom is -0.371 e. The van der Waals surface area contributed by atoms with Crippen LogP contribution in [0.2, 0.25) is 0 Å². The summed E-state index contributed by atoms with van der Waals surface area (Å²) in [5, 5.41) is 10.3. The van der Waals surface area contributed by atoms with E-state index in [1.807, 2.05) is 58.4 Å². The maximum absolute atomic E-state index is 12.3. The van der Waals surface area contributed by atoms with Crippen LogP contribution in [0.4, 0.5) is 0 Å². The van der Waals surface area contributed by atoms with Crippen LogP contribution in [-0.2, 0) is 11.2 Å². The van der Waals surface area contributed by atoms with Crippen molar-refractivity contribution in [2.24, 2.45) is 0 Å². The monoisotopic (exact) mass is 488 g/mol. The van der Waals surface area contributed by atoms with Gasteiger partial charge in [-0.05, 0) is 61.2 Å². The summed E-state index contributed by atoms with van der Waals surface area (Å²) in [5.74, 6) is 0. The van der Waals surface area contributed by atoms with Gasteiger partial charge in [0, 0.05) is 67.8 Å².